The molecular weight excluding hydrogens is 318 g/mol. The number of amides is 1. The first-order chi connectivity index (χ1) is 12.2. The van der Waals surface area contributed by atoms with E-state index in [1.165, 1.54) is 4.80 Å². The Balaban J connectivity index is 1.45. The molecule has 0 spiro atoms. The van der Waals surface area contributed by atoms with Crippen LogP contribution in [0, 0.1) is 0 Å². The van der Waals surface area contributed by atoms with Gasteiger partial charge in [0.2, 0.25) is 11.7 Å². The molecule has 0 radical (unpaired) electrons. The lowest BCUT2D eigenvalue weighted by atomic mass is 10.1. The Morgan fingerprint density at radius 1 is 1.24 bits per heavy atom. The van der Waals surface area contributed by atoms with Gasteiger partial charge in [0, 0.05) is 24.6 Å². The molecule has 0 bridgehead atoms. The zero-order valence-corrected chi connectivity index (χ0v) is 13.9. The molecule has 7 heteroatoms. The molecule has 2 aromatic heterocycles. The fraction of sp³-hybridized carbons (Fsp3) is 0.333. The number of furan rings is 1. The summed E-state index contributed by atoms with van der Waals surface area (Å²) in [6, 6.07) is 13.0. The number of hydrogen-bond donors (Lipinski definition) is 0. The molecule has 4 rings (SSSR count). The molecule has 1 fully saturated rings. The number of hydrogen-bond acceptors (Lipinski definition) is 5. The molecule has 0 unspecified atom stereocenters. The van der Waals surface area contributed by atoms with Crippen molar-refractivity contribution >= 4 is 5.91 Å². The van der Waals surface area contributed by atoms with Crippen LogP contribution in [0.4, 0.5) is 0 Å². The third-order valence-corrected chi connectivity index (χ3v) is 4.61. The average molecular weight is 337 g/mol. The summed E-state index contributed by atoms with van der Waals surface area (Å²) in [5.41, 5.74) is 0.882. The van der Waals surface area contributed by atoms with Gasteiger partial charge in [0.05, 0.1) is 6.26 Å². The number of carbonyl (C=O) groups is 1. The van der Waals surface area contributed by atoms with Crippen molar-refractivity contribution in [2.24, 2.45) is 0 Å². The molecule has 0 saturated carbocycles. The van der Waals surface area contributed by atoms with Crippen LogP contribution in [0.5, 0.6) is 0 Å². The molecule has 1 aliphatic rings. The highest BCUT2D eigenvalue weighted by Gasteiger charge is 2.32. The number of tetrazole rings is 1. The van der Waals surface area contributed by atoms with E-state index < -0.39 is 6.04 Å². The van der Waals surface area contributed by atoms with Crippen LogP contribution in [0.15, 0.2) is 53.1 Å². The van der Waals surface area contributed by atoms with Gasteiger partial charge in [0.25, 0.3) is 0 Å². The minimum atomic E-state index is -0.486. The molecular formula is C18H19N5O2. The molecule has 128 valence electrons. The van der Waals surface area contributed by atoms with Gasteiger partial charge in [-0.2, -0.15) is 4.80 Å². The summed E-state index contributed by atoms with van der Waals surface area (Å²) >= 11 is 0. The standard InChI is InChI=1S/C18H19N5O2/c1-13(23-20-17(19-21-23)14-6-3-2-4-7-14)18(24)22-10-9-15(12-22)16-8-5-11-25-16/h2-8,11,13,15H,9-10,12H2,1H3/t13-,15+/m1/s1. The van der Waals surface area contributed by atoms with E-state index in [0.717, 1.165) is 24.3 Å². The molecule has 2 atom stereocenters. The predicted octanol–water partition coefficient (Wildman–Crippen LogP) is 2.51. The minimum Gasteiger partial charge on any atom is -0.469 e. The van der Waals surface area contributed by atoms with Crippen LogP contribution in [-0.4, -0.2) is 44.1 Å². The fourth-order valence-corrected chi connectivity index (χ4v) is 3.17. The Labute approximate surface area is 145 Å². The zero-order chi connectivity index (χ0) is 17.2. The van der Waals surface area contributed by atoms with Crippen LogP contribution in [0.25, 0.3) is 11.4 Å². The second-order valence-corrected chi connectivity index (χ2v) is 6.26. The minimum absolute atomic E-state index is 0.00562. The molecule has 25 heavy (non-hydrogen) atoms. The van der Waals surface area contributed by atoms with Crippen molar-refractivity contribution in [3.63, 3.8) is 0 Å². The van der Waals surface area contributed by atoms with Crippen molar-refractivity contribution in [2.45, 2.75) is 25.3 Å². The maximum Gasteiger partial charge on any atom is 0.249 e. The van der Waals surface area contributed by atoms with Gasteiger partial charge in [-0.3, -0.25) is 4.79 Å². The molecule has 0 N–H and O–H groups in total. The van der Waals surface area contributed by atoms with E-state index in [1.54, 1.807) is 13.2 Å². The topological polar surface area (TPSA) is 77.0 Å². The summed E-state index contributed by atoms with van der Waals surface area (Å²) in [4.78, 5) is 16.0. The van der Waals surface area contributed by atoms with Gasteiger partial charge in [-0.1, -0.05) is 30.3 Å². The van der Waals surface area contributed by atoms with Gasteiger partial charge >= 0.3 is 0 Å². The van der Waals surface area contributed by atoms with Crippen LogP contribution in [-0.2, 0) is 4.79 Å². The lowest BCUT2D eigenvalue weighted by Gasteiger charge is -2.19. The van der Waals surface area contributed by atoms with Crippen LogP contribution < -0.4 is 0 Å². The van der Waals surface area contributed by atoms with Crippen molar-refractivity contribution in [1.29, 1.82) is 0 Å². The Morgan fingerprint density at radius 2 is 2.08 bits per heavy atom. The zero-order valence-electron chi connectivity index (χ0n) is 13.9. The normalized spacial score (nSPS) is 18.4. The summed E-state index contributed by atoms with van der Waals surface area (Å²) in [5.74, 6) is 1.73. The Hall–Kier alpha value is -2.96. The summed E-state index contributed by atoms with van der Waals surface area (Å²) in [5, 5.41) is 12.5. The number of nitrogens with zero attached hydrogens (tertiary/aromatic N) is 5. The number of carbonyl (C=O) groups excluding carboxylic acids is 1. The monoisotopic (exact) mass is 337 g/mol. The smallest absolute Gasteiger partial charge is 0.249 e. The molecule has 1 amide bonds. The third kappa shape index (κ3) is 3.05. The highest BCUT2D eigenvalue weighted by atomic mass is 16.3. The second kappa shape index (κ2) is 6.51. The first-order valence-electron chi connectivity index (χ1n) is 8.39. The third-order valence-electron chi connectivity index (χ3n) is 4.61. The molecule has 3 aromatic rings. The van der Waals surface area contributed by atoms with Gasteiger partial charge in [-0.15, -0.1) is 10.2 Å². The van der Waals surface area contributed by atoms with Gasteiger partial charge in [-0.05, 0) is 30.7 Å². The van der Waals surface area contributed by atoms with E-state index in [0.29, 0.717) is 12.4 Å². The summed E-state index contributed by atoms with van der Waals surface area (Å²) in [6.07, 6.45) is 2.58. The first kappa shape index (κ1) is 15.6. The first-order valence-corrected chi connectivity index (χ1v) is 8.39. The second-order valence-electron chi connectivity index (χ2n) is 6.26. The van der Waals surface area contributed by atoms with E-state index >= 15 is 0 Å². The van der Waals surface area contributed by atoms with Crippen LogP contribution in [0.3, 0.4) is 0 Å². The van der Waals surface area contributed by atoms with Crippen LogP contribution in [0.1, 0.15) is 31.1 Å². The Morgan fingerprint density at radius 3 is 2.84 bits per heavy atom. The molecule has 7 nitrogen and oxygen atoms in total. The van der Waals surface area contributed by atoms with Gasteiger partial charge in [-0.25, -0.2) is 0 Å². The Bertz CT molecular complexity index is 844. The maximum atomic E-state index is 12.8. The number of likely N-dealkylation sites (tertiary alicyclic amines) is 1. The number of benzene rings is 1. The van der Waals surface area contributed by atoms with Crippen LogP contribution >= 0.6 is 0 Å². The summed E-state index contributed by atoms with van der Waals surface area (Å²) in [7, 11) is 0. The van der Waals surface area contributed by atoms with Crippen LogP contribution in [0.2, 0.25) is 0 Å². The average Bonchev–Trinajstić information content (AvgIpc) is 3.42. The number of rotatable bonds is 4. The van der Waals surface area contributed by atoms with Gasteiger partial charge in [0.1, 0.15) is 11.8 Å². The lowest BCUT2D eigenvalue weighted by molar-refractivity contribution is -0.133. The predicted molar refractivity (Wildman–Crippen MR) is 90.6 cm³/mol. The summed E-state index contributed by atoms with van der Waals surface area (Å²) in [6.45, 7) is 3.19. The summed E-state index contributed by atoms with van der Waals surface area (Å²) < 4.78 is 5.47. The lowest BCUT2D eigenvalue weighted by Crippen LogP contribution is -2.35. The maximum absolute atomic E-state index is 12.8. The van der Waals surface area contributed by atoms with E-state index in [4.69, 9.17) is 4.42 Å². The van der Waals surface area contributed by atoms with E-state index in [1.807, 2.05) is 47.4 Å². The van der Waals surface area contributed by atoms with E-state index in [2.05, 4.69) is 15.4 Å². The SMILES string of the molecule is C[C@H](C(=O)N1CC[C@H](c2ccco2)C1)n1nnc(-c2ccccc2)n1. The molecule has 0 aliphatic carbocycles. The van der Waals surface area contributed by atoms with Crippen molar-refractivity contribution in [2.75, 3.05) is 13.1 Å². The van der Waals surface area contributed by atoms with Crippen molar-refractivity contribution in [3.8, 4) is 11.4 Å². The quantitative estimate of drug-likeness (QED) is 0.731. The van der Waals surface area contributed by atoms with E-state index in [-0.39, 0.29) is 11.8 Å². The van der Waals surface area contributed by atoms with Gasteiger partial charge < -0.3 is 9.32 Å². The van der Waals surface area contributed by atoms with Gasteiger partial charge in [0.15, 0.2) is 0 Å². The highest BCUT2D eigenvalue weighted by Crippen LogP contribution is 2.28. The molecule has 3 heterocycles. The Kier molecular flexibility index (Phi) is 4.05. The molecule has 1 aliphatic heterocycles. The van der Waals surface area contributed by atoms with Crippen molar-refractivity contribution < 1.29 is 9.21 Å². The molecule has 1 aromatic carbocycles. The van der Waals surface area contributed by atoms with Crippen molar-refractivity contribution in [1.82, 2.24) is 25.1 Å². The largest absolute Gasteiger partial charge is 0.469 e. The molecule has 1 saturated heterocycles. The highest BCUT2D eigenvalue weighted by molar-refractivity contribution is 5.80. The van der Waals surface area contributed by atoms with Crippen molar-refractivity contribution in [3.05, 3.63) is 54.5 Å². The number of aromatic nitrogens is 4. The fourth-order valence-electron chi connectivity index (χ4n) is 3.17. The van der Waals surface area contributed by atoms with E-state index in [9.17, 15) is 4.79 Å².